The van der Waals surface area contributed by atoms with Gasteiger partial charge in [-0.25, -0.2) is 0 Å². The van der Waals surface area contributed by atoms with E-state index in [0.29, 0.717) is 11.5 Å². The second kappa shape index (κ2) is 3.00. The lowest BCUT2D eigenvalue weighted by Crippen LogP contribution is -2.22. The van der Waals surface area contributed by atoms with Crippen LogP contribution in [0, 0.1) is 11.3 Å². The van der Waals surface area contributed by atoms with Gasteiger partial charge in [-0.2, -0.15) is 0 Å². The molecule has 2 nitrogen and oxygen atoms in total. The van der Waals surface area contributed by atoms with E-state index in [1.165, 1.54) is 38.8 Å². The minimum Gasteiger partial charge on any atom is -0.328 e. The molecule has 70 valence electrons. The van der Waals surface area contributed by atoms with Crippen LogP contribution in [-0.2, 0) is 0 Å². The lowest BCUT2D eigenvalue weighted by atomic mass is 9.92. The van der Waals surface area contributed by atoms with Crippen LogP contribution in [-0.4, -0.2) is 19.1 Å². The van der Waals surface area contributed by atoms with Gasteiger partial charge in [-0.1, -0.05) is 0 Å². The maximum absolute atomic E-state index is 5.93. The lowest BCUT2D eigenvalue weighted by Gasteiger charge is -2.15. The number of nitrogens with one attached hydrogen (secondary N) is 1. The van der Waals surface area contributed by atoms with Gasteiger partial charge in [0.05, 0.1) is 0 Å². The number of rotatable bonds is 1. The molecule has 0 bridgehead atoms. The zero-order chi connectivity index (χ0) is 8.60. The van der Waals surface area contributed by atoms with Crippen LogP contribution in [0.5, 0.6) is 0 Å². The zero-order valence-corrected chi connectivity index (χ0v) is 7.97. The molecule has 1 heterocycles. The zero-order valence-electron chi connectivity index (χ0n) is 7.97. The first-order valence-corrected chi connectivity index (χ1v) is 5.21. The summed E-state index contributed by atoms with van der Waals surface area (Å²) in [5, 5.41) is 3.46. The summed E-state index contributed by atoms with van der Waals surface area (Å²) < 4.78 is 0. The van der Waals surface area contributed by atoms with Crippen molar-refractivity contribution in [3.05, 3.63) is 0 Å². The van der Waals surface area contributed by atoms with Crippen molar-refractivity contribution >= 4 is 0 Å². The molecule has 0 aromatic rings. The van der Waals surface area contributed by atoms with Gasteiger partial charge in [0, 0.05) is 6.04 Å². The predicted molar refractivity (Wildman–Crippen MR) is 50.9 cm³/mol. The van der Waals surface area contributed by atoms with Gasteiger partial charge in [-0.05, 0) is 57.0 Å². The first kappa shape index (κ1) is 8.52. The summed E-state index contributed by atoms with van der Waals surface area (Å²) in [6.07, 6.45) is 5.51. The number of nitrogens with two attached hydrogens (primary N) is 1. The van der Waals surface area contributed by atoms with Gasteiger partial charge in [-0.15, -0.1) is 0 Å². The Morgan fingerprint density at radius 2 is 2.25 bits per heavy atom. The molecule has 0 amide bonds. The Labute approximate surface area is 74.9 Å². The molecule has 1 aliphatic heterocycles. The molecule has 1 aliphatic carbocycles. The molecule has 2 heteroatoms. The van der Waals surface area contributed by atoms with Crippen LogP contribution in [0.3, 0.4) is 0 Å². The van der Waals surface area contributed by atoms with Crippen LogP contribution in [0.4, 0.5) is 0 Å². The Hall–Kier alpha value is -0.0800. The highest BCUT2D eigenvalue weighted by molar-refractivity contribution is 5.06. The van der Waals surface area contributed by atoms with Crippen LogP contribution in [0.15, 0.2) is 0 Å². The average molecular weight is 168 g/mol. The molecule has 0 aromatic carbocycles. The highest BCUT2D eigenvalue weighted by Crippen LogP contribution is 2.59. The van der Waals surface area contributed by atoms with Gasteiger partial charge in [0.15, 0.2) is 0 Å². The topological polar surface area (TPSA) is 38.0 Å². The smallest absolute Gasteiger partial charge is 0.00442 e. The average Bonchev–Trinajstić information content (AvgIpc) is 2.77. The summed E-state index contributed by atoms with van der Waals surface area (Å²) in [5.74, 6) is 0.831. The van der Waals surface area contributed by atoms with Crippen molar-refractivity contribution in [2.24, 2.45) is 17.1 Å². The van der Waals surface area contributed by atoms with E-state index in [2.05, 4.69) is 12.2 Å². The van der Waals surface area contributed by atoms with Gasteiger partial charge in [-0.3, -0.25) is 0 Å². The van der Waals surface area contributed by atoms with Gasteiger partial charge >= 0.3 is 0 Å². The van der Waals surface area contributed by atoms with Crippen molar-refractivity contribution in [2.75, 3.05) is 13.1 Å². The maximum atomic E-state index is 5.93. The summed E-state index contributed by atoms with van der Waals surface area (Å²) in [4.78, 5) is 0. The Balaban J connectivity index is 1.94. The molecular weight excluding hydrogens is 148 g/mol. The molecule has 0 aromatic heterocycles. The summed E-state index contributed by atoms with van der Waals surface area (Å²) in [5.41, 5.74) is 6.60. The second-order valence-corrected chi connectivity index (χ2v) is 4.64. The highest BCUT2D eigenvalue weighted by Gasteiger charge is 2.54. The number of hydrogen-bond donors (Lipinski definition) is 2. The van der Waals surface area contributed by atoms with Crippen LogP contribution in [0.2, 0.25) is 0 Å². The van der Waals surface area contributed by atoms with Gasteiger partial charge in [0.1, 0.15) is 0 Å². The fourth-order valence-corrected chi connectivity index (χ4v) is 2.85. The van der Waals surface area contributed by atoms with E-state index < -0.39 is 0 Å². The van der Waals surface area contributed by atoms with E-state index in [1.54, 1.807) is 0 Å². The van der Waals surface area contributed by atoms with Gasteiger partial charge in [0.2, 0.25) is 0 Å². The summed E-state index contributed by atoms with van der Waals surface area (Å²) in [7, 11) is 0. The molecule has 1 saturated heterocycles. The maximum Gasteiger partial charge on any atom is 0.00442 e. The van der Waals surface area contributed by atoms with E-state index in [-0.39, 0.29) is 0 Å². The quantitative estimate of drug-likeness (QED) is 0.615. The SMILES string of the molecule is CC(N)C1CC12CCCNCC2. The van der Waals surface area contributed by atoms with Crippen LogP contribution >= 0.6 is 0 Å². The molecule has 1 saturated carbocycles. The molecular formula is C10H20N2. The van der Waals surface area contributed by atoms with Crippen molar-refractivity contribution in [3.63, 3.8) is 0 Å². The molecule has 0 radical (unpaired) electrons. The van der Waals surface area contributed by atoms with Gasteiger partial charge < -0.3 is 11.1 Å². The minimum absolute atomic E-state index is 0.420. The molecule has 2 rings (SSSR count). The Kier molecular flexibility index (Phi) is 2.13. The first-order valence-electron chi connectivity index (χ1n) is 5.21. The molecule has 2 fully saturated rings. The third-order valence-corrected chi connectivity index (χ3v) is 3.72. The third-order valence-electron chi connectivity index (χ3n) is 3.72. The fourth-order valence-electron chi connectivity index (χ4n) is 2.85. The Bertz CT molecular complexity index is 157. The lowest BCUT2D eigenvalue weighted by molar-refractivity contribution is 0.381. The van der Waals surface area contributed by atoms with E-state index in [4.69, 9.17) is 5.73 Å². The predicted octanol–water partition coefficient (Wildman–Crippen LogP) is 1.11. The monoisotopic (exact) mass is 168 g/mol. The van der Waals surface area contributed by atoms with Crippen LogP contribution < -0.4 is 11.1 Å². The molecule has 2 aliphatic rings. The largest absolute Gasteiger partial charge is 0.328 e. The van der Waals surface area contributed by atoms with Crippen molar-refractivity contribution < 1.29 is 0 Å². The standard InChI is InChI=1S/C10H20N2/c1-8(11)9-7-10(9)3-2-5-12-6-4-10/h8-9,12H,2-7,11H2,1H3. The van der Waals surface area contributed by atoms with Gasteiger partial charge in [0.25, 0.3) is 0 Å². The normalized spacial score (nSPS) is 44.0. The Morgan fingerprint density at radius 1 is 1.42 bits per heavy atom. The second-order valence-electron chi connectivity index (χ2n) is 4.64. The van der Waals surface area contributed by atoms with Crippen molar-refractivity contribution in [3.8, 4) is 0 Å². The molecule has 3 atom stereocenters. The van der Waals surface area contributed by atoms with Crippen LogP contribution in [0.1, 0.15) is 32.6 Å². The molecule has 3 N–H and O–H groups in total. The fraction of sp³-hybridized carbons (Fsp3) is 1.00. The molecule has 1 spiro atoms. The Morgan fingerprint density at radius 3 is 2.92 bits per heavy atom. The summed E-state index contributed by atoms with van der Waals surface area (Å²) in [6, 6.07) is 0.420. The van der Waals surface area contributed by atoms with E-state index in [1.807, 2.05) is 0 Å². The van der Waals surface area contributed by atoms with Crippen molar-refractivity contribution in [2.45, 2.75) is 38.6 Å². The number of hydrogen-bond acceptors (Lipinski definition) is 2. The van der Waals surface area contributed by atoms with Crippen molar-refractivity contribution in [1.29, 1.82) is 0 Å². The minimum atomic E-state index is 0.420. The molecule has 3 unspecified atom stereocenters. The first-order chi connectivity index (χ1) is 5.75. The summed E-state index contributed by atoms with van der Waals surface area (Å²) in [6.45, 7) is 4.59. The van der Waals surface area contributed by atoms with Crippen LogP contribution in [0.25, 0.3) is 0 Å². The van der Waals surface area contributed by atoms with E-state index in [9.17, 15) is 0 Å². The highest BCUT2D eigenvalue weighted by atomic mass is 14.9. The van der Waals surface area contributed by atoms with Crippen molar-refractivity contribution in [1.82, 2.24) is 5.32 Å². The summed E-state index contributed by atoms with van der Waals surface area (Å²) >= 11 is 0. The van der Waals surface area contributed by atoms with E-state index in [0.717, 1.165) is 5.92 Å². The third kappa shape index (κ3) is 1.38. The van der Waals surface area contributed by atoms with E-state index >= 15 is 0 Å². The molecule has 12 heavy (non-hydrogen) atoms.